The molecule has 2 heterocycles. The van der Waals surface area contributed by atoms with Gasteiger partial charge in [0.05, 0.1) is 29.8 Å². The van der Waals surface area contributed by atoms with Crippen LogP contribution in [0.25, 0.3) is 22.2 Å². The number of carbonyl (C=O) groups is 5. The van der Waals surface area contributed by atoms with Crippen molar-refractivity contribution in [3.05, 3.63) is 133 Å². The fourth-order valence-corrected chi connectivity index (χ4v) is 9.12. The molecule has 0 bridgehead atoms. The second-order valence-corrected chi connectivity index (χ2v) is 19.3. The minimum Gasteiger partial charge on any atom is -0.497 e. The van der Waals surface area contributed by atoms with E-state index in [9.17, 15) is 32.4 Å². The molecule has 5 amide bonds. The number of sulfonamides is 1. The molecule has 2 fully saturated rings. The van der Waals surface area contributed by atoms with Gasteiger partial charge in [-0.2, -0.15) is 0 Å². The summed E-state index contributed by atoms with van der Waals surface area (Å²) in [5.74, 6) is -3.00. The summed E-state index contributed by atoms with van der Waals surface area (Å²) >= 11 is 6.52. The molecule has 1 aliphatic heterocycles. The number of alkyl halides is 1. The average Bonchev–Trinajstić information content (AvgIpc) is 3.88. The number of ether oxygens (including phenoxy) is 3. The fraction of sp³-hybridized carbons (Fsp3) is 0.306. The molecule has 1 aliphatic carbocycles. The van der Waals surface area contributed by atoms with Crippen LogP contribution in [0.2, 0.25) is 0 Å². The standard InChI is InChI=1S/C49H51ClN6O10S/c1-6-32-27-49(32,46(60)55-67(62,63)35-20-14-9-15-21-35)54-43(57)40-25-34(65-41-26-37(30-16-10-7-11-17-30)52-38-24-33(64-5)22-23-36(38)41)29-56(40)45(59)39(53-47(61)66-48(2,3)4)28-51-44(58)42(50)31-18-12-8-13-19-31/h6-24,26,32,34,39-40,42H,1,25,27-29H2,2-5H3,(H,51,58)(H,53,61)(H,54,57)(H,55,60)/t32-,34-,39?,40+,42+,49-/m1/s1. The molecule has 1 saturated heterocycles. The number of methoxy groups -OCH3 is 1. The summed E-state index contributed by atoms with van der Waals surface area (Å²) in [6.07, 6.45) is -0.525. The second-order valence-electron chi connectivity index (χ2n) is 17.2. The number of benzene rings is 4. The van der Waals surface area contributed by atoms with Crippen LogP contribution in [0.1, 0.15) is 44.6 Å². The predicted molar refractivity (Wildman–Crippen MR) is 250 cm³/mol. The topological polar surface area (TPSA) is 211 Å². The molecule has 18 heteroatoms. The van der Waals surface area contributed by atoms with Crippen molar-refractivity contribution in [2.24, 2.45) is 5.92 Å². The normalized spacial score (nSPS) is 19.8. The maximum atomic E-state index is 15.0. The Morgan fingerprint density at radius 3 is 2.22 bits per heavy atom. The van der Waals surface area contributed by atoms with Crippen molar-refractivity contribution in [3.8, 4) is 22.8 Å². The number of hydrogen-bond donors (Lipinski definition) is 4. The molecule has 4 aromatic carbocycles. The van der Waals surface area contributed by atoms with Crippen LogP contribution in [0.3, 0.4) is 0 Å². The lowest BCUT2D eigenvalue weighted by Gasteiger charge is -2.30. The molecule has 1 saturated carbocycles. The molecule has 4 N–H and O–H groups in total. The molecule has 0 radical (unpaired) electrons. The van der Waals surface area contributed by atoms with Crippen molar-refractivity contribution in [2.75, 3.05) is 20.2 Å². The molecule has 6 atom stereocenters. The third-order valence-corrected chi connectivity index (χ3v) is 13.1. The van der Waals surface area contributed by atoms with E-state index < -0.39 is 86.9 Å². The quantitative estimate of drug-likeness (QED) is 0.0685. The first-order valence-electron chi connectivity index (χ1n) is 21.5. The lowest BCUT2D eigenvalue weighted by atomic mass is 10.1. The van der Waals surface area contributed by atoms with E-state index >= 15 is 0 Å². The minimum atomic E-state index is -4.35. The first-order valence-corrected chi connectivity index (χ1v) is 23.4. The summed E-state index contributed by atoms with van der Waals surface area (Å²) in [5, 5.41) is 7.43. The van der Waals surface area contributed by atoms with Crippen molar-refractivity contribution in [3.63, 3.8) is 0 Å². The van der Waals surface area contributed by atoms with Gasteiger partial charge in [0, 0.05) is 42.0 Å². The van der Waals surface area contributed by atoms with E-state index in [1.165, 1.54) is 42.4 Å². The Kier molecular flexibility index (Phi) is 14.2. The summed E-state index contributed by atoms with van der Waals surface area (Å²) in [6.45, 7) is 8.02. The predicted octanol–water partition coefficient (Wildman–Crippen LogP) is 5.81. The summed E-state index contributed by atoms with van der Waals surface area (Å²) in [7, 11) is -2.82. The Labute approximate surface area is 393 Å². The van der Waals surface area contributed by atoms with Crippen molar-refractivity contribution >= 4 is 62.2 Å². The Hall–Kier alpha value is -6.98. The lowest BCUT2D eigenvalue weighted by Crippen LogP contribution is -2.59. The van der Waals surface area contributed by atoms with E-state index in [0.29, 0.717) is 33.7 Å². The summed E-state index contributed by atoms with van der Waals surface area (Å²) < 4.78 is 46.4. The molecule has 67 heavy (non-hydrogen) atoms. The van der Waals surface area contributed by atoms with Crippen molar-refractivity contribution in [2.45, 2.75) is 73.2 Å². The number of halogens is 1. The van der Waals surface area contributed by atoms with Gasteiger partial charge in [0.2, 0.25) is 17.7 Å². The number of aromatic nitrogens is 1. The number of amides is 5. The Morgan fingerprint density at radius 1 is 0.940 bits per heavy atom. The number of nitrogens with one attached hydrogen (secondary N) is 4. The van der Waals surface area contributed by atoms with Gasteiger partial charge in [-0.3, -0.25) is 19.2 Å². The zero-order valence-corrected chi connectivity index (χ0v) is 38.8. The molecule has 16 nitrogen and oxygen atoms in total. The number of pyridine rings is 1. The van der Waals surface area contributed by atoms with Crippen LogP contribution in [-0.2, 0) is 33.9 Å². The van der Waals surface area contributed by atoms with Crippen LogP contribution in [0.15, 0.2) is 133 Å². The molecule has 350 valence electrons. The van der Waals surface area contributed by atoms with E-state index in [0.717, 1.165) is 5.56 Å². The minimum absolute atomic E-state index is 0.0174. The summed E-state index contributed by atoms with van der Waals surface area (Å²) in [4.78, 5) is 76.2. The molecule has 0 spiro atoms. The molecule has 2 aliphatic rings. The zero-order chi connectivity index (χ0) is 48.1. The van der Waals surface area contributed by atoms with Crippen LogP contribution in [-0.4, -0.2) is 97.6 Å². The molecular formula is C49H51ClN6O10S. The largest absolute Gasteiger partial charge is 0.497 e. The molecule has 5 aromatic rings. The van der Waals surface area contributed by atoms with Crippen molar-refractivity contribution < 1.29 is 46.6 Å². The van der Waals surface area contributed by atoms with E-state index in [1.54, 1.807) is 81.4 Å². The number of carbonyl (C=O) groups excluding carboxylic acids is 5. The third-order valence-electron chi connectivity index (χ3n) is 11.3. The number of fused-ring (bicyclic) bond motifs is 1. The van der Waals surface area contributed by atoms with Crippen LogP contribution < -0.4 is 30.1 Å². The highest BCUT2D eigenvalue weighted by atomic mass is 35.5. The Morgan fingerprint density at radius 2 is 1.60 bits per heavy atom. The van der Waals surface area contributed by atoms with Gasteiger partial charge >= 0.3 is 6.09 Å². The molecular weight excluding hydrogens is 900 g/mol. The maximum absolute atomic E-state index is 15.0. The first-order chi connectivity index (χ1) is 31.9. The monoisotopic (exact) mass is 950 g/mol. The van der Waals surface area contributed by atoms with Crippen LogP contribution >= 0.6 is 11.6 Å². The van der Waals surface area contributed by atoms with Crippen LogP contribution in [0.5, 0.6) is 11.5 Å². The van der Waals surface area contributed by atoms with Crippen molar-refractivity contribution in [1.82, 2.24) is 30.6 Å². The lowest BCUT2D eigenvalue weighted by molar-refractivity contribution is -0.141. The van der Waals surface area contributed by atoms with E-state index in [1.807, 2.05) is 30.3 Å². The van der Waals surface area contributed by atoms with Crippen molar-refractivity contribution in [1.29, 1.82) is 0 Å². The van der Waals surface area contributed by atoms with Gasteiger partial charge in [0.15, 0.2) is 0 Å². The zero-order valence-electron chi connectivity index (χ0n) is 37.2. The van der Waals surface area contributed by atoms with Gasteiger partial charge in [0.1, 0.15) is 46.2 Å². The summed E-state index contributed by atoms with van der Waals surface area (Å²) in [6, 6.07) is 29.4. The van der Waals surface area contributed by atoms with Crippen LogP contribution in [0.4, 0.5) is 4.79 Å². The van der Waals surface area contributed by atoms with Gasteiger partial charge in [-0.05, 0) is 57.0 Å². The van der Waals surface area contributed by atoms with Gasteiger partial charge in [-0.15, -0.1) is 18.2 Å². The van der Waals surface area contributed by atoms with E-state index in [4.69, 9.17) is 30.8 Å². The Balaban J connectivity index is 1.23. The number of alkyl carbamates (subject to hydrolysis) is 1. The number of likely N-dealkylation sites (tertiary alicyclic amines) is 1. The Bertz CT molecular complexity index is 2780. The maximum Gasteiger partial charge on any atom is 0.408 e. The van der Waals surface area contributed by atoms with E-state index in [-0.39, 0.29) is 24.3 Å². The van der Waals surface area contributed by atoms with Gasteiger partial charge in [-0.25, -0.2) is 22.9 Å². The fourth-order valence-electron chi connectivity index (χ4n) is 7.84. The van der Waals surface area contributed by atoms with E-state index in [2.05, 4.69) is 27.3 Å². The number of rotatable bonds is 16. The number of nitrogens with zero attached hydrogens (tertiary/aromatic N) is 2. The number of hydrogen-bond acceptors (Lipinski definition) is 11. The third kappa shape index (κ3) is 11.2. The van der Waals surface area contributed by atoms with Gasteiger partial charge < -0.3 is 35.1 Å². The molecule has 1 unspecified atom stereocenters. The molecule has 1 aromatic heterocycles. The highest BCUT2D eigenvalue weighted by Gasteiger charge is 2.61. The van der Waals surface area contributed by atoms with Gasteiger partial charge in [0.25, 0.3) is 15.9 Å². The average molecular weight is 951 g/mol. The molecule has 7 rings (SSSR count). The smallest absolute Gasteiger partial charge is 0.408 e. The highest BCUT2D eigenvalue weighted by molar-refractivity contribution is 7.90. The van der Waals surface area contributed by atoms with Crippen LogP contribution in [0, 0.1) is 5.92 Å². The first kappa shape index (κ1) is 48.0. The van der Waals surface area contributed by atoms with Gasteiger partial charge in [-0.1, -0.05) is 84.9 Å². The second kappa shape index (κ2) is 19.9. The highest BCUT2D eigenvalue weighted by Crippen LogP contribution is 2.45. The SMILES string of the molecule is C=C[C@@H]1C[C@]1(NC(=O)[C@@H]1C[C@@H](Oc2cc(-c3ccccc3)nc3cc(OC)ccc23)CN1C(=O)C(CNC(=O)[C@@H](Cl)c1ccccc1)NC(=O)OC(C)(C)C)C(=O)NS(=O)(=O)c1ccccc1. The summed E-state index contributed by atoms with van der Waals surface area (Å²) in [5.41, 5.74) is -0.315.